The Bertz CT molecular complexity index is 298. The normalized spacial score (nSPS) is 11.6. The predicted molar refractivity (Wildman–Crippen MR) is 64.8 cm³/mol. The first-order chi connectivity index (χ1) is 7.88. The SMILES string of the molecule is CSCCN(C)C(=O)NC(CC(N)=O)C(=O)O. The molecule has 0 radical (unpaired) electrons. The number of thioether (sulfide) groups is 1. The van der Waals surface area contributed by atoms with E-state index in [9.17, 15) is 14.4 Å². The summed E-state index contributed by atoms with van der Waals surface area (Å²) in [5.41, 5.74) is 4.89. The number of nitrogens with two attached hydrogens (primary N) is 1. The van der Waals surface area contributed by atoms with Gasteiger partial charge in [0.05, 0.1) is 6.42 Å². The zero-order chi connectivity index (χ0) is 13.4. The zero-order valence-electron chi connectivity index (χ0n) is 9.80. The van der Waals surface area contributed by atoms with E-state index in [1.165, 1.54) is 4.90 Å². The van der Waals surface area contributed by atoms with Crippen molar-refractivity contribution in [3.05, 3.63) is 0 Å². The van der Waals surface area contributed by atoms with Crippen molar-refractivity contribution in [1.82, 2.24) is 10.2 Å². The van der Waals surface area contributed by atoms with Gasteiger partial charge >= 0.3 is 12.0 Å². The van der Waals surface area contributed by atoms with Crippen molar-refractivity contribution in [2.45, 2.75) is 12.5 Å². The molecule has 0 aliphatic heterocycles. The maximum Gasteiger partial charge on any atom is 0.326 e. The van der Waals surface area contributed by atoms with Crippen LogP contribution in [-0.2, 0) is 9.59 Å². The van der Waals surface area contributed by atoms with E-state index >= 15 is 0 Å². The Hall–Kier alpha value is -1.44. The van der Waals surface area contributed by atoms with Gasteiger partial charge in [-0.25, -0.2) is 9.59 Å². The van der Waals surface area contributed by atoms with Crippen molar-refractivity contribution in [3.63, 3.8) is 0 Å². The monoisotopic (exact) mass is 263 g/mol. The van der Waals surface area contributed by atoms with Crippen LogP contribution in [-0.4, -0.2) is 59.6 Å². The molecule has 0 fully saturated rings. The van der Waals surface area contributed by atoms with Gasteiger partial charge in [-0.3, -0.25) is 4.79 Å². The van der Waals surface area contributed by atoms with Crippen LogP contribution in [0.3, 0.4) is 0 Å². The van der Waals surface area contributed by atoms with Crippen molar-refractivity contribution >= 4 is 29.7 Å². The minimum atomic E-state index is -1.28. The van der Waals surface area contributed by atoms with E-state index in [2.05, 4.69) is 5.32 Å². The van der Waals surface area contributed by atoms with Crippen LogP contribution >= 0.6 is 11.8 Å². The number of primary amides is 1. The fraction of sp³-hybridized carbons (Fsp3) is 0.667. The quantitative estimate of drug-likeness (QED) is 0.563. The highest BCUT2D eigenvalue weighted by molar-refractivity contribution is 7.98. The highest BCUT2D eigenvalue weighted by atomic mass is 32.2. The Labute approximate surface area is 104 Å². The summed E-state index contributed by atoms with van der Waals surface area (Å²) in [6.45, 7) is 0.496. The number of hydrogen-bond donors (Lipinski definition) is 3. The number of nitrogens with one attached hydrogen (secondary N) is 1. The van der Waals surface area contributed by atoms with Crippen LogP contribution in [0.1, 0.15) is 6.42 Å². The lowest BCUT2D eigenvalue weighted by Gasteiger charge is -2.20. The fourth-order valence-corrected chi connectivity index (χ4v) is 1.45. The van der Waals surface area contributed by atoms with Gasteiger partial charge in [-0.2, -0.15) is 11.8 Å². The van der Waals surface area contributed by atoms with Crippen LogP contribution in [0, 0.1) is 0 Å². The molecular weight excluding hydrogens is 246 g/mol. The van der Waals surface area contributed by atoms with E-state index < -0.39 is 30.4 Å². The third-order valence-corrected chi connectivity index (χ3v) is 2.57. The van der Waals surface area contributed by atoms with Gasteiger partial charge in [0.1, 0.15) is 6.04 Å². The summed E-state index contributed by atoms with van der Waals surface area (Å²) in [6, 6.07) is -1.82. The van der Waals surface area contributed by atoms with E-state index in [4.69, 9.17) is 10.8 Å². The number of carboxylic acid groups (broad SMARTS) is 1. The van der Waals surface area contributed by atoms with Gasteiger partial charge in [0.15, 0.2) is 0 Å². The highest BCUT2D eigenvalue weighted by Crippen LogP contribution is 1.97. The first kappa shape index (κ1) is 15.6. The molecule has 0 spiro atoms. The topological polar surface area (TPSA) is 113 Å². The molecule has 0 aliphatic carbocycles. The third-order valence-electron chi connectivity index (χ3n) is 1.98. The number of amides is 3. The molecule has 0 heterocycles. The molecule has 0 aromatic rings. The number of carbonyl (C=O) groups excluding carboxylic acids is 2. The number of hydrogen-bond acceptors (Lipinski definition) is 4. The van der Waals surface area contributed by atoms with Gasteiger partial charge in [0, 0.05) is 19.3 Å². The van der Waals surface area contributed by atoms with Crippen LogP contribution in [0.2, 0.25) is 0 Å². The van der Waals surface area contributed by atoms with Crippen molar-refractivity contribution in [3.8, 4) is 0 Å². The van der Waals surface area contributed by atoms with Crippen molar-refractivity contribution in [2.75, 3.05) is 25.6 Å². The summed E-state index contributed by atoms with van der Waals surface area (Å²) < 4.78 is 0. The smallest absolute Gasteiger partial charge is 0.326 e. The molecule has 0 rings (SSSR count). The summed E-state index contributed by atoms with van der Waals surface area (Å²) in [4.78, 5) is 34.3. The average Bonchev–Trinajstić information content (AvgIpc) is 2.23. The second kappa shape index (κ2) is 7.77. The highest BCUT2D eigenvalue weighted by Gasteiger charge is 2.23. The van der Waals surface area contributed by atoms with E-state index in [-0.39, 0.29) is 0 Å². The largest absolute Gasteiger partial charge is 0.480 e. The zero-order valence-corrected chi connectivity index (χ0v) is 10.6. The molecule has 0 bridgehead atoms. The standard InChI is InChI=1S/C9H17N3O4S/c1-12(3-4-17-2)9(16)11-6(8(14)15)5-7(10)13/h6H,3-5H2,1-2H3,(H2,10,13)(H,11,16)(H,14,15). The van der Waals surface area contributed by atoms with Crippen molar-refractivity contribution in [2.24, 2.45) is 5.73 Å². The van der Waals surface area contributed by atoms with Crippen LogP contribution in [0.15, 0.2) is 0 Å². The summed E-state index contributed by atoms with van der Waals surface area (Å²) in [5.74, 6) is -1.31. The molecular formula is C9H17N3O4S. The minimum Gasteiger partial charge on any atom is -0.480 e. The first-order valence-corrected chi connectivity index (χ1v) is 6.29. The summed E-state index contributed by atoms with van der Waals surface area (Å²) in [6.07, 6.45) is 1.48. The number of urea groups is 1. The lowest BCUT2D eigenvalue weighted by atomic mass is 10.2. The van der Waals surface area contributed by atoms with Crippen LogP contribution in [0.25, 0.3) is 0 Å². The van der Waals surface area contributed by atoms with Crippen LogP contribution in [0.4, 0.5) is 4.79 Å². The lowest BCUT2D eigenvalue weighted by Crippen LogP contribution is -2.48. The maximum atomic E-state index is 11.5. The van der Waals surface area contributed by atoms with Crippen molar-refractivity contribution < 1.29 is 19.5 Å². The second-order valence-corrected chi connectivity index (χ2v) is 4.41. The van der Waals surface area contributed by atoms with Crippen molar-refractivity contribution in [1.29, 1.82) is 0 Å². The van der Waals surface area contributed by atoms with E-state index in [1.807, 2.05) is 6.26 Å². The van der Waals surface area contributed by atoms with E-state index in [0.717, 1.165) is 5.75 Å². The van der Waals surface area contributed by atoms with Gasteiger partial charge in [0.2, 0.25) is 5.91 Å². The van der Waals surface area contributed by atoms with Gasteiger partial charge in [0.25, 0.3) is 0 Å². The van der Waals surface area contributed by atoms with Crippen LogP contribution in [0.5, 0.6) is 0 Å². The Kier molecular flexibility index (Phi) is 7.11. The van der Waals surface area contributed by atoms with Gasteiger partial charge in [-0.1, -0.05) is 0 Å². The molecule has 4 N–H and O–H groups in total. The van der Waals surface area contributed by atoms with E-state index in [0.29, 0.717) is 6.54 Å². The minimum absolute atomic E-state index is 0.419. The molecule has 1 unspecified atom stereocenters. The van der Waals surface area contributed by atoms with Crippen LogP contribution < -0.4 is 11.1 Å². The summed E-state index contributed by atoms with van der Waals surface area (Å²) in [7, 11) is 1.55. The molecule has 0 saturated heterocycles. The van der Waals surface area contributed by atoms with E-state index in [1.54, 1.807) is 18.8 Å². The summed E-state index contributed by atoms with van der Waals surface area (Å²) in [5, 5.41) is 11.0. The molecule has 8 heteroatoms. The average molecular weight is 263 g/mol. The lowest BCUT2D eigenvalue weighted by molar-refractivity contribution is -0.140. The Morgan fingerprint density at radius 2 is 2.06 bits per heavy atom. The molecule has 1 atom stereocenters. The number of aliphatic carboxylic acids is 1. The number of carboxylic acids is 1. The van der Waals surface area contributed by atoms with Gasteiger partial charge in [-0.15, -0.1) is 0 Å². The molecule has 3 amide bonds. The third kappa shape index (κ3) is 6.67. The molecule has 0 aliphatic rings. The molecule has 0 aromatic heterocycles. The molecule has 7 nitrogen and oxygen atoms in total. The number of rotatable bonds is 7. The predicted octanol–water partition coefficient (Wildman–Crippen LogP) is -0.681. The molecule has 0 aromatic carbocycles. The van der Waals surface area contributed by atoms with Gasteiger partial charge in [-0.05, 0) is 6.26 Å². The Balaban J connectivity index is 4.29. The van der Waals surface area contributed by atoms with Gasteiger partial charge < -0.3 is 21.1 Å². The maximum absolute atomic E-state index is 11.5. The summed E-state index contributed by atoms with van der Waals surface area (Å²) >= 11 is 1.57. The molecule has 98 valence electrons. The first-order valence-electron chi connectivity index (χ1n) is 4.90. The second-order valence-electron chi connectivity index (χ2n) is 3.43. The Morgan fingerprint density at radius 1 is 1.47 bits per heavy atom. The number of nitrogens with zero attached hydrogens (tertiary/aromatic N) is 1. The molecule has 17 heavy (non-hydrogen) atoms. The Morgan fingerprint density at radius 3 is 2.47 bits per heavy atom. The molecule has 0 saturated carbocycles. The fourth-order valence-electron chi connectivity index (χ4n) is 0.990. The number of carbonyl (C=O) groups is 3.